The van der Waals surface area contributed by atoms with Crippen molar-refractivity contribution in [1.29, 1.82) is 0 Å². The zero-order chi connectivity index (χ0) is 26.6. The van der Waals surface area contributed by atoms with Crippen LogP contribution in [0.25, 0.3) is 5.69 Å². The molecule has 38 heavy (non-hydrogen) atoms. The van der Waals surface area contributed by atoms with Gasteiger partial charge in [-0.15, -0.1) is 0 Å². The number of pyridine rings is 1. The third kappa shape index (κ3) is 5.28. The quantitative estimate of drug-likeness (QED) is 0.282. The van der Waals surface area contributed by atoms with E-state index in [0.717, 1.165) is 28.3 Å². The highest BCUT2D eigenvalue weighted by Crippen LogP contribution is 2.39. The maximum absolute atomic E-state index is 12.8. The highest BCUT2D eigenvalue weighted by molar-refractivity contribution is 7.80. The first-order valence-electron chi connectivity index (χ1n) is 12.3. The van der Waals surface area contributed by atoms with E-state index in [1.54, 1.807) is 30.5 Å². The van der Waals surface area contributed by atoms with Crippen LogP contribution in [0.15, 0.2) is 91.3 Å². The van der Waals surface area contributed by atoms with Crippen LogP contribution < -0.4 is 10.6 Å². The van der Waals surface area contributed by atoms with Crippen molar-refractivity contribution < 1.29 is 14.7 Å². The number of hydrogen-bond donors (Lipinski definition) is 3. The first-order valence-corrected chi connectivity index (χ1v) is 12.7. The Labute approximate surface area is 225 Å². The molecule has 4 aromatic rings. The van der Waals surface area contributed by atoms with E-state index in [0.29, 0.717) is 11.7 Å². The SMILES string of the molecule is Cc1ccc(NC(=O)CCN2C(=S)N[C@@H](c3ccccn3)[C@@H]2c2cccn2-c2ccc(C(=O)O)cc2)cc1. The van der Waals surface area contributed by atoms with E-state index in [-0.39, 0.29) is 30.0 Å². The van der Waals surface area contributed by atoms with Gasteiger partial charge < -0.3 is 25.2 Å². The molecule has 3 N–H and O–H groups in total. The van der Waals surface area contributed by atoms with Crippen LogP contribution in [0.4, 0.5) is 5.69 Å². The second kappa shape index (κ2) is 10.9. The Morgan fingerprint density at radius 3 is 2.47 bits per heavy atom. The van der Waals surface area contributed by atoms with Crippen LogP contribution in [0.3, 0.4) is 0 Å². The fraction of sp³-hybridized carbons (Fsp3) is 0.172. The van der Waals surface area contributed by atoms with Crippen molar-refractivity contribution in [2.24, 2.45) is 0 Å². The Hall–Kier alpha value is -4.50. The number of amides is 1. The summed E-state index contributed by atoms with van der Waals surface area (Å²) < 4.78 is 2.02. The molecule has 2 aromatic carbocycles. The maximum atomic E-state index is 12.8. The fourth-order valence-corrected chi connectivity index (χ4v) is 5.02. The zero-order valence-corrected chi connectivity index (χ0v) is 21.6. The summed E-state index contributed by atoms with van der Waals surface area (Å²) >= 11 is 5.75. The molecular formula is C29H27N5O3S. The molecule has 2 aromatic heterocycles. The second-order valence-corrected chi connectivity index (χ2v) is 9.53. The Morgan fingerprint density at radius 1 is 1.03 bits per heavy atom. The average molecular weight is 526 g/mol. The van der Waals surface area contributed by atoms with Gasteiger partial charge in [0.15, 0.2) is 5.11 Å². The average Bonchev–Trinajstić information content (AvgIpc) is 3.53. The minimum atomic E-state index is -0.972. The lowest BCUT2D eigenvalue weighted by Crippen LogP contribution is -2.33. The molecule has 2 atom stereocenters. The van der Waals surface area contributed by atoms with E-state index >= 15 is 0 Å². The topological polar surface area (TPSA) is 99.5 Å². The standard InChI is InChI=1S/C29H27N5O3S/c1-19-7-11-21(12-8-19)31-25(35)15-18-34-27(26(32-29(34)38)23-5-2-3-16-30-23)24-6-4-17-33(24)22-13-9-20(10-14-22)28(36)37/h2-14,16-17,26-27H,15,18H2,1H3,(H,31,35)(H,32,38)(H,36,37)/t26-,27-/m0/s1. The number of carboxylic acid groups (broad SMARTS) is 1. The fourth-order valence-electron chi connectivity index (χ4n) is 4.69. The molecule has 0 bridgehead atoms. The Kier molecular flexibility index (Phi) is 7.19. The van der Waals surface area contributed by atoms with Crippen LogP contribution in [0.2, 0.25) is 0 Å². The summed E-state index contributed by atoms with van der Waals surface area (Å²) in [7, 11) is 0. The predicted octanol–water partition coefficient (Wildman–Crippen LogP) is 4.88. The number of nitrogens with one attached hydrogen (secondary N) is 2. The summed E-state index contributed by atoms with van der Waals surface area (Å²) in [6.45, 7) is 2.40. The summed E-state index contributed by atoms with van der Waals surface area (Å²) in [5.74, 6) is -1.07. The minimum absolute atomic E-state index is 0.101. The molecule has 0 radical (unpaired) electrons. The summed E-state index contributed by atoms with van der Waals surface area (Å²) in [6.07, 6.45) is 3.93. The molecule has 5 rings (SSSR count). The molecule has 8 nitrogen and oxygen atoms in total. The third-order valence-electron chi connectivity index (χ3n) is 6.59. The summed E-state index contributed by atoms with van der Waals surface area (Å²) in [5, 5.41) is 16.2. The zero-order valence-electron chi connectivity index (χ0n) is 20.7. The third-order valence-corrected chi connectivity index (χ3v) is 6.94. The van der Waals surface area contributed by atoms with E-state index in [1.165, 1.54) is 0 Å². The number of carbonyl (C=O) groups is 2. The maximum Gasteiger partial charge on any atom is 0.335 e. The van der Waals surface area contributed by atoms with Gasteiger partial charge in [-0.25, -0.2) is 4.79 Å². The Bertz CT molecular complexity index is 1450. The first kappa shape index (κ1) is 25.2. The van der Waals surface area contributed by atoms with Crippen molar-refractivity contribution >= 4 is 34.9 Å². The van der Waals surface area contributed by atoms with Gasteiger partial charge in [0.2, 0.25) is 5.91 Å². The summed E-state index contributed by atoms with van der Waals surface area (Å²) in [4.78, 5) is 30.8. The second-order valence-electron chi connectivity index (χ2n) is 9.14. The molecule has 9 heteroatoms. The van der Waals surface area contributed by atoms with E-state index in [1.807, 2.05) is 77.2 Å². The molecule has 0 aliphatic carbocycles. The van der Waals surface area contributed by atoms with Crippen LogP contribution in [-0.4, -0.2) is 43.1 Å². The minimum Gasteiger partial charge on any atom is -0.478 e. The van der Waals surface area contributed by atoms with Gasteiger partial charge in [0, 0.05) is 42.4 Å². The highest BCUT2D eigenvalue weighted by atomic mass is 32.1. The number of nitrogens with zero attached hydrogens (tertiary/aromatic N) is 3. The van der Waals surface area contributed by atoms with Crippen LogP contribution in [-0.2, 0) is 4.79 Å². The number of carboxylic acids is 1. The summed E-state index contributed by atoms with van der Waals surface area (Å²) in [5.41, 5.74) is 4.70. The Morgan fingerprint density at radius 2 is 1.79 bits per heavy atom. The van der Waals surface area contributed by atoms with Gasteiger partial charge in [-0.05, 0) is 79.8 Å². The lowest BCUT2D eigenvalue weighted by Gasteiger charge is -2.29. The first-order chi connectivity index (χ1) is 18.4. The molecule has 0 spiro atoms. The number of carbonyl (C=O) groups excluding carboxylic acids is 1. The number of aryl methyl sites for hydroxylation is 1. The van der Waals surface area contributed by atoms with Crippen LogP contribution in [0.5, 0.6) is 0 Å². The lowest BCUT2D eigenvalue weighted by atomic mass is 10.0. The van der Waals surface area contributed by atoms with Crippen LogP contribution in [0.1, 0.15) is 45.8 Å². The van der Waals surface area contributed by atoms with Gasteiger partial charge in [0.25, 0.3) is 0 Å². The number of anilines is 1. The van der Waals surface area contributed by atoms with E-state index in [9.17, 15) is 14.7 Å². The molecular weight excluding hydrogens is 498 g/mol. The molecule has 1 fully saturated rings. The summed E-state index contributed by atoms with van der Waals surface area (Å²) in [6, 6.07) is 23.6. The number of rotatable bonds is 8. The monoisotopic (exact) mass is 525 g/mol. The number of hydrogen-bond acceptors (Lipinski definition) is 4. The van der Waals surface area contributed by atoms with E-state index < -0.39 is 5.97 Å². The number of thiocarbonyl (C=S) groups is 1. The van der Waals surface area contributed by atoms with Crippen molar-refractivity contribution in [1.82, 2.24) is 19.8 Å². The van der Waals surface area contributed by atoms with Gasteiger partial charge in [-0.2, -0.15) is 0 Å². The predicted molar refractivity (Wildman–Crippen MR) is 149 cm³/mol. The molecule has 1 aliphatic heterocycles. The van der Waals surface area contributed by atoms with Gasteiger partial charge in [0.1, 0.15) is 0 Å². The molecule has 192 valence electrons. The molecule has 1 aliphatic rings. The van der Waals surface area contributed by atoms with Gasteiger partial charge in [0.05, 0.1) is 23.3 Å². The van der Waals surface area contributed by atoms with E-state index in [4.69, 9.17) is 12.2 Å². The number of aromatic carboxylic acids is 1. The van der Waals surface area contributed by atoms with Crippen molar-refractivity contribution in [3.63, 3.8) is 0 Å². The lowest BCUT2D eigenvalue weighted by molar-refractivity contribution is -0.116. The number of aromatic nitrogens is 2. The van der Waals surface area contributed by atoms with Crippen LogP contribution >= 0.6 is 12.2 Å². The number of benzene rings is 2. The Balaban J connectivity index is 1.43. The van der Waals surface area contributed by atoms with Crippen molar-refractivity contribution in [2.45, 2.75) is 25.4 Å². The van der Waals surface area contributed by atoms with Gasteiger partial charge in [-0.3, -0.25) is 9.78 Å². The smallest absolute Gasteiger partial charge is 0.335 e. The molecule has 1 saturated heterocycles. The van der Waals surface area contributed by atoms with Crippen molar-refractivity contribution in [2.75, 3.05) is 11.9 Å². The van der Waals surface area contributed by atoms with Gasteiger partial charge >= 0.3 is 5.97 Å². The highest BCUT2D eigenvalue weighted by Gasteiger charge is 2.41. The molecule has 0 unspecified atom stereocenters. The molecule has 3 heterocycles. The normalized spacial score (nSPS) is 16.8. The van der Waals surface area contributed by atoms with Crippen LogP contribution in [0, 0.1) is 6.92 Å². The van der Waals surface area contributed by atoms with Gasteiger partial charge in [-0.1, -0.05) is 23.8 Å². The molecule has 1 amide bonds. The molecule has 0 saturated carbocycles. The van der Waals surface area contributed by atoms with E-state index in [2.05, 4.69) is 15.6 Å². The largest absolute Gasteiger partial charge is 0.478 e. The van der Waals surface area contributed by atoms with Crippen molar-refractivity contribution in [3.05, 3.63) is 114 Å². The van der Waals surface area contributed by atoms with Crippen molar-refractivity contribution in [3.8, 4) is 5.69 Å².